The average Bonchev–Trinajstić information content (AvgIpc) is 3.15. The topological polar surface area (TPSA) is 72.7 Å². The van der Waals surface area contributed by atoms with Crippen LogP contribution in [0.4, 0.5) is 5.69 Å². The highest BCUT2D eigenvalue weighted by atomic mass is 16.1. The smallest absolute Gasteiger partial charge is 0.179 e. The summed E-state index contributed by atoms with van der Waals surface area (Å²) in [5.74, 6) is 0. The molecule has 1 N–H and O–H groups in total. The molecule has 6 heteroatoms. The Labute approximate surface area is 161 Å². The molecule has 0 aliphatic carbocycles. The number of rotatable bonds is 4. The van der Waals surface area contributed by atoms with Crippen molar-refractivity contribution in [1.29, 1.82) is 0 Å². The van der Waals surface area contributed by atoms with Gasteiger partial charge in [-0.3, -0.25) is 4.79 Å². The summed E-state index contributed by atoms with van der Waals surface area (Å²) in [6, 6.07) is 17.6. The van der Waals surface area contributed by atoms with Gasteiger partial charge in [0.05, 0.1) is 12.2 Å². The van der Waals surface area contributed by atoms with Crippen LogP contribution in [0.15, 0.2) is 60.7 Å². The molecule has 0 unspecified atom stereocenters. The molecule has 0 fully saturated rings. The van der Waals surface area contributed by atoms with Crippen LogP contribution in [0.1, 0.15) is 21.5 Å². The summed E-state index contributed by atoms with van der Waals surface area (Å²) >= 11 is 0. The molecule has 0 bridgehead atoms. The molecular formula is C22H17N5O. The van der Waals surface area contributed by atoms with Crippen molar-refractivity contribution in [2.24, 2.45) is 0 Å². The molecule has 6 nitrogen and oxygen atoms in total. The van der Waals surface area contributed by atoms with Crippen molar-refractivity contribution in [3.63, 3.8) is 0 Å². The second kappa shape index (κ2) is 6.74. The van der Waals surface area contributed by atoms with Gasteiger partial charge < -0.3 is 5.32 Å². The molecular weight excluding hydrogens is 350 g/mol. The van der Waals surface area contributed by atoms with E-state index in [0.29, 0.717) is 12.1 Å². The van der Waals surface area contributed by atoms with Gasteiger partial charge in [0.2, 0.25) is 0 Å². The number of nitrogens with one attached hydrogen (secondary N) is 1. The number of fused-ring (bicyclic) bond motifs is 2. The zero-order valence-corrected chi connectivity index (χ0v) is 15.0. The zero-order valence-electron chi connectivity index (χ0n) is 15.0. The van der Waals surface area contributed by atoms with Gasteiger partial charge in [-0.1, -0.05) is 41.6 Å². The molecule has 0 atom stereocenters. The van der Waals surface area contributed by atoms with E-state index in [-0.39, 0.29) is 0 Å². The molecule has 5 rings (SSSR count). The first-order chi connectivity index (χ1) is 13.8. The first-order valence-corrected chi connectivity index (χ1v) is 9.09. The van der Waals surface area contributed by atoms with Crippen molar-refractivity contribution in [2.75, 3.05) is 11.9 Å². The van der Waals surface area contributed by atoms with Crippen LogP contribution in [-0.2, 0) is 6.54 Å². The molecule has 1 aliphatic rings. The standard InChI is InChI=1S/C22H17N5O/c28-14-16-3-1-4-18(12-16)20-8-9-21-22(24-20)27(26-25-21)13-15-6-7-19-17(11-15)5-2-10-23-19/h1-9,11-12,14,23H,10,13H2. The Morgan fingerprint density at radius 3 is 3.00 bits per heavy atom. The van der Waals surface area contributed by atoms with Crippen LogP contribution in [0.5, 0.6) is 0 Å². The van der Waals surface area contributed by atoms with Gasteiger partial charge in [-0.15, -0.1) is 5.10 Å². The number of aldehydes is 1. The molecule has 2 aromatic heterocycles. The minimum absolute atomic E-state index is 0.586. The fraction of sp³-hybridized carbons (Fsp3) is 0.0909. The number of hydrogen-bond acceptors (Lipinski definition) is 5. The van der Waals surface area contributed by atoms with Gasteiger partial charge in [-0.25, -0.2) is 9.67 Å². The summed E-state index contributed by atoms with van der Waals surface area (Å²) in [5, 5.41) is 11.9. The molecule has 28 heavy (non-hydrogen) atoms. The molecule has 2 aromatic carbocycles. The Balaban J connectivity index is 1.52. The lowest BCUT2D eigenvalue weighted by Gasteiger charge is -2.14. The summed E-state index contributed by atoms with van der Waals surface area (Å²) in [5.41, 5.74) is 7.23. The summed E-state index contributed by atoms with van der Waals surface area (Å²) in [7, 11) is 0. The van der Waals surface area contributed by atoms with E-state index in [2.05, 4.69) is 46.0 Å². The van der Waals surface area contributed by atoms with Gasteiger partial charge >= 0.3 is 0 Å². The molecule has 0 radical (unpaired) electrons. The molecule has 136 valence electrons. The highest BCUT2D eigenvalue weighted by Gasteiger charge is 2.11. The van der Waals surface area contributed by atoms with E-state index < -0.39 is 0 Å². The van der Waals surface area contributed by atoms with E-state index >= 15 is 0 Å². The van der Waals surface area contributed by atoms with E-state index in [1.165, 1.54) is 5.56 Å². The van der Waals surface area contributed by atoms with Crippen molar-refractivity contribution >= 4 is 29.2 Å². The van der Waals surface area contributed by atoms with Crippen molar-refractivity contribution in [2.45, 2.75) is 6.54 Å². The van der Waals surface area contributed by atoms with Crippen LogP contribution in [0.2, 0.25) is 0 Å². The van der Waals surface area contributed by atoms with Gasteiger partial charge in [0.15, 0.2) is 5.65 Å². The average molecular weight is 367 g/mol. The monoisotopic (exact) mass is 367 g/mol. The summed E-state index contributed by atoms with van der Waals surface area (Å²) < 4.78 is 1.81. The zero-order chi connectivity index (χ0) is 18.9. The van der Waals surface area contributed by atoms with Crippen LogP contribution in [-0.4, -0.2) is 32.8 Å². The first kappa shape index (κ1) is 16.4. The van der Waals surface area contributed by atoms with Gasteiger partial charge in [-0.2, -0.15) is 0 Å². The minimum atomic E-state index is 0.586. The number of carbonyl (C=O) groups is 1. The number of pyridine rings is 1. The lowest BCUT2D eigenvalue weighted by Crippen LogP contribution is -2.07. The predicted octanol–water partition coefficient (Wildman–Crippen LogP) is 3.79. The third kappa shape index (κ3) is 2.95. The molecule has 4 aromatic rings. The fourth-order valence-electron chi connectivity index (χ4n) is 3.43. The fourth-order valence-corrected chi connectivity index (χ4v) is 3.43. The number of carbonyl (C=O) groups excluding carboxylic acids is 1. The number of benzene rings is 2. The van der Waals surface area contributed by atoms with Crippen LogP contribution in [0.25, 0.3) is 28.5 Å². The van der Waals surface area contributed by atoms with E-state index in [4.69, 9.17) is 4.98 Å². The van der Waals surface area contributed by atoms with Crippen LogP contribution in [0, 0.1) is 0 Å². The Morgan fingerprint density at radius 1 is 1.11 bits per heavy atom. The lowest BCUT2D eigenvalue weighted by molar-refractivity contribution is 0.112. The minimum Gasteiger partial charge on any atom is -0.381 e. The maximum Gasteiger partial charge on any atom is 0.179 e. The van der Waals surface area contributed by atoms with E-state index in [1.807, 2.05) is 35.0 Å². The second-order valence-electron chi connectivity index (χ2n) is 6.73. The quantitative estimate of drug-likeness (QED) is 0.556. The van der Waals surface area contributed by atoms with Crippen molar-refractivity contribution in [1.82, 2.24) is 20.0 Å². The second-order valence-corrected chi connectivity index (χ2v) is 6.73. The third-order valence-corrected chi connectivity index (χ3v) is 4.83. The maximum atomic E-state index is 11.1. The van der Waals surface area contributed by atoms with Gasteiger partial charge in [0, 0.05) is 23.4 Å². The molecule has 0 amide bonds. The van der Waals surface area contributed by atoms with Crippen LogP contribution >= 0.6 is 0 Å². The van der Waals surface area contributed by atoms with Crippen LogP contribution in [0.3, 0.4) is 0 Å². The molecule has 0 saturated heterocycles. The highest BCUT2D eigenvalue weighted by molar-refractivity contribution is 5.80. The summed E-state index contributed by atoms with van der Waals surface area (Å²) in [4.78, 5) is 15.8. The van der Waals surface area contributed by atoms with Gasteiger partial charge in [0.1, 0.15) is 11.8 Å². The summed E-state index contributed by atoms with van der Waals surface area (Å²) in [6.45, 7) is 1.44. The number of aromatic nitrogens is 4. The molecule has 0 spiro atoms. The Kier molecular flexibility index (Phi) is 3.94. The van der Waals surface area contributed by atoms with Crippen LogP contribution < -0.4 is 5.32 Å². The first-order valence-electron chi connectivity index (χ1n) is 9.09. The predicted molar refractivity (Wildman–Crippen MR) is 109 cm³/mol. The molecule has 0 saturated carbocycles. The lowest BCUT2D eigenvalue weighted by atomic mass is 10.1. The maximum absolute atomic E-state index is 11.1. The van der Waals surface area contributed by atoms with Crippen molar-refractivity contribution in [3.05, 3.63) is 77.4 Å². The summed E-state index contributed by atoms with van der Waals surface area (Å²) in [6.07, 6.45) is 5.08. The number of hydrogen-bond donors (Lipinski definition) is 1. The van der Waals surface area contributed by atoms with Gasteiger partial charge in [-0.05, 0) is 41.5 Å². The Bertz CT molecular complexity index is 1220. The Hall–Kier alpha value is -3.80. The molecule has 1 aliphatic heterocycles. The highest BCUT2D eigenvalue weighted by Crippen LogP contribution is 2.24. The largest absolute Gasteiger partial charge is 0.381 e. The Morgan fingerprint density at radius 2 is 2.07 bits per heavy atom. The number of nitrogens with zero attached hydrogens (tertiary/aromatic N) is 4. The molecule has 3 heterocycles. The van der Waals surface area contributed by atoms with E-state index in [9.17, 15) is 4.79 Å². The SMILES string of the molecule is O=Cc1cccc(-c2ccc3nnn(Cc4ccc5c(c4)C=CCN5)c3n2)c1. The van der Waals surface area contributed by atoms with E-state index in [0.717, 1.165) is 46.5 Å². The van der Waals surface area contributed by atoms with Crippen molar-refractivity contribution in [3.8, 4) is 11.3 Å². The normalized spacial score (nSPS) is 12.6. The van der Waals surface area contributed by atoms with E-state index in [1.54, 1.807) is 6.07 Å². The number of anilines is 1. The third-order valence-electron chi connectivity index (χ3n) is 4.83. The van der Waals surface area contributed by atoms with Gasteiger partial charge in [0.25, 0.3) is 0 Å². The van der Waals surface area contributed by atoms with Crippen molar-refractivity contribution < 1.29 is 4.79 Å².